The minimum absolute atomic E-state index is 0.0861. The number of likely N-dealkylation sites (N-methyl/N-ethyl adjacent to an activating group) is 1. The summed E-state index contributed by atoms with van der Waals surface area (Å²) in [6.45, 7) is 8.77. The van der Waals surface area contributed by atoms with E-state index in [0.29, 0.717) is 29.5 Å². The van der Waals surface area contributed by atoms with E-state index in [4.69, 9.17) is 11.6 Å². The molecule has 0 aliphatic heterocycles. The van der Waals surface area contributed by atoms with E-state index in [9.17, 15) is 9.59 Å². The molecule has 0 aromatic heterocycles. The average molecular weight is 311 g/mol. The summed E-state index contributed by atoms with van der Waals surface area (Å²) >= 11 is 5.77. The maximum absolute atomic E-state index is 12.0. The van der Waals surface area contributed by atoms with Gasteiger partial charge in [0.2, 0.25) is 5.91 Å². The molecule has 1 rings (SSSR count). The third-order valence-corrected chi connectivity index (χ3v) is 2.98. The van der Waals surface area contributed by atoms with Crippen LogP contribution in [0.25, 0.3) is 0 Å². The van der Waals surface area contributed by atoms with Crippen LogP contribution in [0.2, 0.25) is 0 Å². The normalized spacial score (nSPS) is 11.6. The van der Waals surface area contributed by atoms with Gasteiger partial charge in [-0.1, -0.05) is 18.2 Å². The number of hydrogen-bond acceptors (Lipinski definition) is 2. The fraction of sp³-hybridized carbons (Fsp3) is 0.333. The van der Waals surface area contributed by atoms with Crippen molar-refractivity contribution in [2.75, 3.05) is 30.3 Å². The summed E-state index contributed by atoms with van der Waals surface area (Å²) in [6, 6.07) is 6.97. The van der Waals surface area contributed by atoms with Crippen LogP contribution in [-0.4, -0.2) is 31.4 Å². The molecule has 3 N–H and O–H groups in total. The first-order chi connectivity index (χ1) is 9.90. The first-order valence-corrected chi connectivity index (χ1v) is 7.12. The van der Waals surface area contributed by atoms with Crippen LogP contribution in [0.5, 0.6) is 0 Å². The van der Waals surface area contributed by atoms with Gasteiger partial charge in [0.1, 0.15) is 6.54 Å². The quantitative estimate of drug-likeness (QED) is 0.709. The summed E-state index contributed by atoms with van der Waals surface area (Å²) in [6.07, 6.45) is 0. The van der Waals surface area contributed by atoms with Crippen LogP contribution in [0.1, 0.15) is 13.8 Å². The molecule has 1 aromatic carbocycles. The number of nitrogens with one attached hydrogen (secondary N) is 3. The van der Waals surface area contributed by atoms with Crippen molar-refractivity contribution in [1.29, 1.82) is 0 Å². The van der Waals surface area contributed by atoms with Crippen molar-refractivity contribution in [3.63, 3.8) is 0 Å². The lowest BCUT2D eigenvalue weighted by Gasteiger charge is -2.16. The molecule has 0 spiro atoms. The summed E-state index contributed by atoms with van der Waals surface area (Å²) in [4.78, 5) is 23.9. The van der Waals surface area contributed by atoms with Gasteiger partial charge >= 0.3 is 0 Å². The second-order valence-electron chi connectivity index (χ2n) is 4.78. The van der Waals surface area contributed by atoms with E-state index in [-0.39, 0.29) is 11.8 Å². The monoisotopic (exact) mass is 310 g/mol. The Morgan fingerprint density at radius 2 is 1.67 bits per heavy atom. The maximum Gasteiger partial charge on any atom is 0.279 e. The molecule has 2 amide bonds. The minimum atomic E-state index is -0.129. The lowest BCUT2D eigenvalue weighted by atomic mass is 10.2. The van der Waals surface area contributed by atoms with Crippen molar-refractivity contribution >= 4 is 34.8 Å². The molecule has 21 heavy (non-hydrogen) atoms. The fourth-order valence-electron chi connectivity index (χ4n) is 1.86. The average Bonchev–Trinajstić information content (AvgIpc) is 2.39. The Morgan fingerprint density at radius 1 is 1.14 bits per heavy atom. The van der Waals surface area contributed by atoms with Crippen molar-refractivity contribution in [1.82, 2.24) is 0 Å². The van der Waals surface area contributed by atoms with E-state index >= 15 is 0 Å². The number of rotatable bonds is 7. The van der Waals surface area contributed by atoms with Crippen LogP contribution in [0.4, 0.5) is 11.4 Å². The highest BCUT2D eigenvalue weighted by molar-refractivity contribution is 6.29. The van der Waals surface area contributed by atoms with Gasteiger partial charge in [0.15, 0.2) is 6.54 Å². The molecule has 0 radical (unpaired) electrons. The standard InChI is InChI=1S/C15H20ClN3O2/c1-4-19(9-11(2)16)10-15(21)18-14-7-5-13(6-8-14)17-12(3)20/h5-8H,2,4,9-10H2,1,3H3,(H,17,20)(H,18,21)/p+1. The van der Waals surface area contributed by atoms with Gasteiger partial charge in [-0.3, -0.25) is 9.59 Å². The Kier molecular flexibility index (Phi) is 6.91. The highest BCUT2D eigenvalue weighted by Gasteiger charge is 2.13. The molecule has 0 saturated heterocycles. The molecule has 1 atom stereocenters. The van der Waals surface area contributed by atoms with Gasteiger partial charge in [0.05, 0.1) is 11.6 Å². The van der Waals surface area contributed by atoms with Gasteiger partial charge < -0.3 is 15.5 Å². The Morgan fingerprint density at radius 3 is 2.10 bits per heavy atom. The molecule has 0 aliphatic carbocycles. The number of halogens is 1. The van der Waals surface area contributed by atoms with Crippen molar-refractivity contribution in [2.45, 2.75) is 13.8 Å². The molecule has 1 aromatic rings. The molecule has 5 nitrogen and oxygen atoms in total. The first kappa shape index (κ1) is 17.2. The number of amides is 2. The maximum atomic E-state index is 12.0. The number of anilines is 2. The number of quaternary nitrogens is 1. The van der Waals surface area contributed by atoms with Gasteiger partial charge in [-0.05, 0) is 31.2 Å². The molecule has 0 aliphatic rings. The van der Waals surface area contributed by atoms with Crippen LogP contribution in [0.15, 0.2) is 35.9 Å². The van der Waals surface area contributed by atoms with Gasteiger partial charge in [-0.25, -0.2) is 0 Å². The SMILES string of the molecule is C=C(Cl)C[NH+](CC)CC(=O)Nc1ccc(NC(C)=O)cc1. The zero-order valence-corrected chi connectivity index (χ0v) is 13.1. The molecule has 6 heteroatoms. The summed E-state index contributed by atoms with van der Waals surface area (Å²) in [5.74, 6) is -0.215. The number of carbonyl (C=O) groups excluding carboxylic acids is 2. The molecular formula is C15H21ClN3O2+. The summed E-state index contributed by atoms with van der Waals surface area (Å²) in [5.41, 5.74) is 1.38. The van der Waals surface area contributed by atoms with Crippen LogP contribution in [0, 0.1) is 0 Å². The predicted molar refractivity (Wildman–Crippen MR) is 85.6 cm³/mol. The van der Waals surface area contributed by atoms with Crippen LogP contribution >= 0.6 is 11.6 Å². The highest BCUT2D eigenvalue weighted by atomic mass is 35.5. The molecule has 114 valence electrons. The Hall–Kier alpha value is -1.85. The Labute approximate surface area is 130 Å². The Balaban J connectivity index is 2.54. The number of carbonyl (C=O) groups is 2. The zero-order valence-electron chi connectivity index (χ0n) is 12.3. The van der Waals surface area contributed by atoms with Crippen molar-refractivity contribution < 1.29 is 14.5 Å². The highest BCUT2D eigenvalue weighted by Crippen LogP contribution is 2.13. The van der Waals surface area contributed by atoms with E-state index in [0.717, 1.165) is 11.4 Å². The van der Waals surface area contributed by atoms with E-state index in [1.54, 1.807) is 24.3 Å². The molecule has 0 saturated carbocycles. The largest absolute Gasteiger partial charge is 0.326 e. The summed E-state index contributed by atoms with van der Waals surface area (Å²) in [7, 11) is 0. The van der Waals surface area contributed by atoms with E-state index in [2.05, 4.69) is 17.2 Å². The van der Waals surface area contributed by atoms with E-state index in [1.165, 1.54) is 6.92 Å². The second kappa shape index (κ2) is 8.44. The molecule has 1 unspecified atom stereocenters. The number of hydrogen-bond donors (Lipinski definition) is 3. The van der Waals surface area contributed by atoms with E-state index in [1.807, 2.05) is 6.92 Å². The van der Waals surface area contributed by atoms with Crippen LogP contribution in [-0.2, 0) is 9.59 Å². The van der Waals surface area contributed by atoms with Crippen molar-refractivity contribution in [3.05, 3.63) is 35.9 Å². The van der Waals surface area contributed by atoms with Gasteiger partial charge in [-0.2, -0.15) is 0 Å². The fourth-order valence-corrected chi connectivity index (χ4v) is 2.05. The lowest BCUT2D eigenvalue weighted by Crippen LogP contribution is -3.12. The van der Waals surface area contributed by atoms with Crippen LogP contribution in [0.3, 0.4) is 0 Å². The summed E-state index contributed by atoms with van der Waals surface area (Å²) in [5, 5.41) is 6.02. The van der Waals surface area contributed by atoms with Gasteiger partial charge in [-0.15, -0.1) is 0 Å². The number of benzene rings is 1. The first-order valence-electron chi connectivity index (χ1n) is 6.75. The topological polar surface area (TPSA) is 62.6 Å². The summed E-state index contributed by atoms with van der Waals surface area (Å²) < 4.78 is 0. The van der Waals surface area contributed by atoms with E-state index < -0.39 is 0 Å². The van der Waals surface area contributed by atoms with Crippen molar-refractivity contribution in [2.24, 2.45) is 0 Å². The van der Waals surface area contributed by atoms with Gasteiger partial charge in [0.25, 0.3) is 5.91 Å². The van der Waals surface area contributed by atoms with Crippen molar-refractivity contribution in [3.8, 4) is 0 Å². The molecule has 0 fully saturated rings. The molecular weight excluding hydrogens is 290 g/mol. The second-order valence-corrected chi connectivity index (χ2v) is 5.32. The predicted octanol–water partition coefficient (Wildman–Crippen LogP) is 1.24. The zero-order chi connectivity index (χ0) is 15.8. The minimum Gasteiger partial charge on any atom is -0.326 e. The Bertz CT molecular complexity index is 514. The lowest BCUT2D eigenvalue weighted by molar-refractivity contribution is -0.884. The third-order valence-electron chi connectivity index (χ3n) is 2.84. The molecule has 0 heterocycles. The van der Waals surface area contributed by atoms with Gasteiger partial charge in [0, 0.05) is 18.3 Å². The molecule has 0 bridgehead atoms. The smallest absolute Gasteiger partial charge is 0.279 e. The van der Waals surface area contributed by atoms with Crippen LogP contribution < -0.4 is 15.5 Å². The third kappa shape index (κ3) is 6.92.